The molecule has 1 amide bonds. The van der Waals surface area contributed by atoms with E-state index in [0.29, 0.717) is 23.4 Å². The van der Waals surface area contributed by atoms with Gasteiger partial charge in [-0.1, -0.05) is 36.9 Å². The van der Waals surface area contributed by atoms with Crippen molar-refractivity contribution in [2.75, 3.05) is 11.4 Å². The lowest BCUT2D eigenvalue weighted by Crippen LogP contribution is -2.28. The maximum Gasteiger partial charge on any atom is 0.411 e. The van der Waals surface area contributed by atoms with Gasteiger partial charge in [-0.15, -0.1) is 0 Å². The third-order valence-corrected chi connectivity index (χ3v) is 4.17. The van der Waals surface area contributed by atoms with Crippen molar-refractivity contribution in [3.05, 3.63) is 94.9 Å². The van der Waals surface area contributed by atoms with Gasteiger partial charge in [0.2, 0.25) is 5.43 Å². The van der Waals surface area contributed by atoms with Crippen LogP contribution >= 0.6 is 0 Å². The van der Waals surface area contributed by atoms with Gasteiger partial charge >= 0.3 is 6.09 Å². The SMILES string of the molecule is C=C(c1cccc(N(CC)C(=O)O)c1)c1nn(-c2ccccc2)ccc1=O. The summed E-state index contributed by atoms with van der Waals surface area (Å²) in [5, 5.41) is 13.7. The molecule has 136 valence electrons. The van der Waals surface area contributed by atoms with Crippen molar-refractivity contribution in [2.24, 2.45) is 0 Å². The molecule has 1 aromatic heterocycles. The van der Waals surface area contributed by atoms with Crippen LogP contribution in [-0.4, -0.2) is 27.5 Å². The van der Waals surface area contributed by atoms with Crippen molar-refractivity contribution in [3.8, 4) is 5.69 Å². The quantitative estimate of drug-likeness (QED) is 0.750. The number of benzene rings is 2. The van der Waals surface area contributed by atoms with E-state index in [4.69, 9.17) is 0 Å². The molecular formula is C21H19N3O3. The Morgan fingerprint density at radius 3 is 2.56 bits per heavy atom. The van der Waals surface area contributed by atoms with Crippen molar-refractivity contribution < 1.29 is 9.90 Å². The van der Waals surface area contributed by atoms with E-state index in [0.717, 1.165) is 5.69 Å². The third-order valence-electron chi connectivity index (χ3n) is 4.17. The van der Waals surface area contributed by atoms with Crippen molar-refractivity contribution >= 4 is 17.4 Å². The highest BCUT2D eigenvalue weighted by atomic mass is 16.4. The van der Waals surface area contributed by atoms with Crippen molar-refractivity contribution in [2.45, 2.75) is 6.92 Å². The molecule has 0 spiro atoms. The molecule has 0 atom stereocenters. The van der Waals surface area contributed by atoms with Crippen LogP contribution in [0.4, 0.5) is 10.5 Å². The Labute approximate surface area is 156 Å². The minimum absolute atomic E-state index is 0.219. The van der Waals surface area contributed by atoms with Crippen molar-refractivity contribution in [3.63, 3.8) is 0 Å². The summed E-state index contributed by atoms with van der Waals surface area (Å²) >= 11 is 0. The number of carboxylic acid groups (broad SMARTS) is 1. The summed E-state index contributed by atoms with van der Waals surface area (Å²) in [6.45, 7) is 6.09. The first kappa shape index (κ1) is 18.1. The molecule has 0 aliphatic heterocycles. The second kappa shape index (κ2) is 7.70. The Balaban J connectivity index is 2.02. The van der Waals surface area contributed by atoms with Gasteiger partial charge in [-0.25, -0.2) is 9.48 Å². The Bertz CT molecular complexity index is 1040. The molecule has 0 saturated heterocycles. The number of amides is 1. The molecule has 0 saturated carbocycles. The van der Waals surface area contributed by atoms with Crippen LogP contribution < -0.4 is 10.3 Å². The fraction of sp³-hybridized carbons (Fsp3) is 0.0952. The van der Waals surface area contributed by atoms with Crippen LogP contribution in [0.1, 0.15) is 18.2 Å². The van der Waals surface area contributed by atoms with E-state index >= 15 is 0 Å². The molecule has 1 heterocycles. The van der Waals surface area contributed by atoms with E-state index in [1.165, 1.54) is 11.0 Å². The highest BCUT2D eigenvalue weighted by molar-refractivity contribution is 5.87. The van der Waals surface area contributed by atoms with Gasteiger partial charge in [-0.2, -0.15) is 5.10 Å². The predicted molar refractivity (Wildman–Crippen MR) is 105 cm³/mol. The first-order valence-electron chi connectivity index (χ1n) is 8.47. The Morgan fingerprint density at radius 1 is 1.15 bits per heavy atom. The van der Waals surface area contributed by atoms with E-state index in [9.17, 15) is 14.7 Å². The topological polar surface area (TPSA) is 75.4 Å². The number of nitrogens with zero attached hydrogens (tertiary/aromatic N) is 3. The molecule has 1 N–H and O–H groups in total. The number of rotatable bonds is 5. The summed E-state index contributed by atoms with van der Waals surface area (Å²) in [5.41, 5.74) is 2.39. The van der Waals surface area contributed by atoms with Gasteiger partial charge < -0.3 is 5.11 Å². The van der Waals surface area contributed by atoms with Gasteiger partial charge in [-0.3, -0.25) is 9.69 Å². The van der Waals surface area contributed by atoms with Gasteiger partial charge in [0.05, 0.1) is 5.69 Å². The smallest absolute Gasteiger partial charge is 0.411 e. The lowest BCUT2D eigenvalue weighted by atomic mass is 10.0. The molecule has 3 aromatic rings. The van der Waals surface area contributed by atoms with Crippen LogP contribution in [0.5, 0.6) is 0 Å². The van der Waals surface area contributed by atoms with Gasteiger partial charge in [0, 0.05) is 30.1 Å². The van der Waals surface area contributed by atoms with E-state index in [1.54, 1.807) is 42.1 Å². The second-order valence-electron chi connectivity index (χ2n) is 5.86. The van der Waals surface area contributed by atoms with Gasteiger partial charge in [0.1, 0.15) is 5.69 Å². The minimum Gasteiger partial charge on any atom is -0.465 e. The summed E-state index contributed by atoms with van der Waals surface area (Å²) in [4.78, 5) is 25.0. The standard InChI is InChI=1S/C21H19N3O3/c1-3-23(21(26)27)18-11-7-8-16(14-18)15(2)20-19(25)12-13-24(22-20)17-9-5-4-6-10-17/h4-14H,2-3H2,1H3,(H,26,27). The lowest BCUT2D eigenvalue weighted by Gasteiger charge is -2.18. The molecule has 6 nitrogen and oxygen atoms in total. The zero-order valence-corrected chi connectivity index (χ0v) is 14.9. The number of hydrogen-bond donors (Lipinski definition) is 1. The Kier molecular flexibility index (Phi) is 5.17. The van der Waals surface area contributed by atoms with Crippen LogP contribution in [0.3, 0.4) is 0 Å². The molecule has 0 fully saturated rings. The summed E-state index contributed by atoms with van der Waals surface area (Å²) in [5.74, 6) is 0. The second-order valence-corrected chi connectivity index (χ2v) is 5.86. The van der Waals surface area contributed by atoms with E-state index < -0.39 is 6.09 Å². The molecule has 0 aliphatic carbocycles. The molecule has 3 rings (SSSR count). The zero-order chi connectivity index (χ0) is 19.4. The molecule has 0 radical (unpaired) electrons. The number of hydrogen-bond acceptors (Lipinski definition) is 3. The molecule has 0 unspecified atom stereocenters. The van der Waals surface area contributed by atoms with E-state index in [1.807, 2.05) is 30.3 Å². The number of aromatic nitrogens is 2. The zero-order valence-electron chi connectivity index (χ0n) is 14.9. The Hall–Kier alpha value is -3.67. The predicted octanol–water partition coefficient (Wildman–Crippen LogP) is 3.80. The number of anilines is 1. The van der Waals surface area contributed by atoms with Crippen LogP contribution in [0.25, 0.3) is 11.3 Å². The first-order valence-corrected chi connectivity index (χ1v) is 8.47. The van der Waals surface area contributed by atoms with Crippen LogP contribution in [-0.2, 0) is 0 Å². The van der Waals surface area contributed by atoms with Gasteiger partial charge in [0.15, 0.2) is 0 Å². The van der Waals surface area contributed by atoms with E-state index in [-0.39, 0.29) is 11.1 Å². The fourth-order valence-corrected chi connectivity index (χ4v) is 2.77. The summed E-state index contributed by atoms with van der Waals surface area (Å²) in [6.07, 6.45) is 0.568. The van der Waals surface area contributed by atoms with Crippen LogP contribution in [0.15, 0.2) is 78.2 Å². The maximum absolute atomic E-state index is 12.4. The van der Waals surface area contributed by atoms with Crippen molar-refractivity contribution in [1.82, 2.24) is 9.78 Å². The summed E-state index contributed by atoms with van der Waals surface area (Å²) in [6, 6.07) is 17.8. The molecule has 0 aliphatic rings. The van der Waals surface area contributed by atoms with E-state index in [2.05, 4.69) is 11.7 Å². The minimum atomic E-state index is -1.04. The lowest BCUT2D eigenvalue weighted by molar-refractivity contribution is 0.202. The maximum atomic E-state index is 12.4. The van der Waals surface area contributed by atoms with Crippen molar-refractivity contribution in [1.29, 1.82) is 0 Å². The summed E-state index contributed by atoms with van der Waals surface area (Å²) < 4.78 is 1.61. The number of para-hydroxylation sites is 1. The summed E-state index contributed by atoms with van der Waals surface area (Å²) in [7, 11) is 0. The molecule has 0 bridgehead atoms. The Morgan fingerprint density at radius 2 is 1.89 bits per heavy atom. The average molecular weight is 361 g/mol. The van der Waals surface area contributed by atoms with Crippen LogP contribution in [0, 0.1) is 0 Å². The van der Waals surface area contributed by atoms with Crippen LogP contribution in [0.2, 0.25) is 0 Å². The number of carbonyl (C=O) groups is 1. The van der Waals surface area contributed by atoms with Gasteiger partial charge in [-0.05, 0) is 36.8 Å². The largest absolute Gasteiger partial charge is 0.465 e. The highest BCUT2D eigenvalue weighted by Crippen LogP contribution is 2.23. The molecule has 27 heavy (non-hydrogen) atoms. The third kappa shape index (κ3) is 3.79. The average Bonchev–Trinajstić information content (AvgIpc) is 2.69. The highest BCUT2D eigenvalue weighted by Gasteiger charge is 2.15. The molecule has 2 aromatic carbocycles. The van der Waals surface area contributed by atoms with Gasteiger partial charge in [0.25, 0.3) is 0 Å². The monoisotopic (exact) mass is 361 g/mol. The normalized spacial score (nSPS) is 10.4. The molecule has 6 heteroatoms. The molecular weight excluding hydrogens is 342 g/mol. The fourth-order valence-electron chi connectivity index (χ4n) is 2.77. The first-order chi connectivity index (χ1) is 13.0.